The fourth-order valence-electron chi connectivity index (χ4n) is 0.151. The molecule has 0 aromatic carbocycles. The molecule has 0 saturated heterocycles. The van der Waals surface area contributed by atoms with E-state index in [1.165, 1.54) is 0 Å². The Kier molecular flexibility index (Phi) is 28.8. The second-order valence-electron chi connectivity index (χ2n) is 0.986. The third-order valence-electron chi connectivity index (χ3n) is 0.493. The van der Waals surface area contributed by atoms with Crippen LogP contribution in [0.3, 0.4) is 0 Å². The summed E-state index contributed by atoms with van der Waals surface area (Å²) in [4.78, 5) is 10.1. The maximum Gasteiger partial charge on any atom is 1.00 e. The quantitative estimate of drug-likeness (QED) is 0.115. The van der Waals surface area contributed by atoms with Crippen molar-refractivity contribution in [3.05, 3.63) is 11.0 Å². The monoisotopic (exact) mass is 204 g/mol. The Hall–Kier alpha value is 1.34. The molecule has 0 bridgehead atoms. The predicted octanol–water partition coefficient (Wildman–Crippen LogP) is -6.92. The van der Waals surface area contributed by atoms with Gasteiger partial charge >= 0.3 is 59.1 Å². The first kappa shape index (κ1) is 22.8. The van der Waals surface area contributed by atoms with Gasteiger partial charge in [0.25, 0.3) is 0 Å². The number of hydrogen-bond donors (Lipinski definition) is 1. The molecular formula is C5H4NNa2OS2-. The molecule has 0 unspecified atom stereocenters. The van der Waals surface area contributed by atoms with Crippen LogP contribution in [-0.4, -0.2) is 5.91 Å². The van der Waals surface area contributed by atoms with Gasteiger partial charge < -0.3 is 42.1 Å². The maximum absolute atomic E-state index is 10.1. The zero-order chi connectivity index (χ0) is 6.57. The Labute approximate surface area is 123 Å². The van der Waals surface area contributed by atoms with Crippen molar-refractivity contribution in [3.63, 3.8) is 0 Å². The molecule has 0 spiro atoms. The van der Waals surface area contributed by atoms with E-state index >= 15 is 0 Å². The van der Waals surface area contributed by atoms with Gasteiger partial charge in [-0.3, -0.25) is 0 Å². The standard InChI is InChI=1S/C5H3NOS.2Na.H2S/c1-2-4(3-8)5(6)7;;;/h1H,(H2-,6,7,8);;;1H2/q-2;2*+1;/p-1. The molecule has 2 N–H and O–H groups in total. The Balaban J connectivity index is -0.0000000817. The van der Waals surface area contributed by atoms with E-state index in [4.69, 9.17) is 12.2 Å². The molecule has 0 heterocycles. The second-order valence-corrected chi connectivity index (χ2v) is 1.19. The summed E-state index contributed by atoms with van der Waals surface area (Å²) in [6.45, 7) is 0. The number of nitrogens with two attached hydrogens (primary N) is 1. The van der Waals surface area contributed by atoms with Crippen LogP contribution >= 0.6 is 0 Å². The van der Waals surface area contributed by atoms with E-state index in [1.807, 2.05) is 11.3 Å². The number of terminal acetylenes is 1. The van der Waals surface area contributed by atoms with Gasteiger partial charge in [0.05, 0.1) is 0 Å². The zero-order valence-corrected chi connectivity index (χ0v) is 12.1. The Morgan fingerprint density at radius 3 is 1.91 bits per heavy atom. The van der Waals surface area contributed by atoms with Crippen LogP contribution in [0.1, 0.15) is 0 Å². The van der Waals surface area contributed by atoms with E-state index < -0.39 is 5.91 Å². The number of primary amides is 1. The van der Waals surface area contributed by atoms with Crippen molar-refractivity contribution < 1.29 is 63.9 Å². The van der Waals surface area contributed by atoms with Crippen molar-refractivity contribution in [1.29, 1.82) is 0 Å². The van der Waals surface area contributed by atoms with E-state index in [0.717, 1.165) is 0 Å². The van der Waals surface area contributed by atoms with Crippen LogP contribution in [-0.2, 0) is 30.9 Å². The minimum absolute atomic E-state index is 0. The average Bonchev–Trinajstić information content (AvgIpc) is 1.69. The van der Waals surface area contributed by atoms with E-state index in [-0.39, 0.29) is 78.2 Å². The molecule has 1 amide bonds. The van der Waals surface area contributed by atoms with Crippen molar-refractivity contribution in [3.8, 4) is 12.3 Å². The minimum Gasteiger partial charge on any atom is -0.871 e. The summed E-state index contributed by atoms with van der Waals surface area (Å²) >= 11 is 4.22. The Morgan fingerprint density at radius 2 is 1.91 bits per heavy atom. The van der Waals surface area contributed by atoms with Gasteiger partial charge in [0.2, 0.25) is 0 Å². The molecule has 11 heavy (non-hydrogen) atoms. The van der Waals surface area contributed by atoms with Crippen LogP contribution in [0.25, 0.3) is 0 Å². The number of hydrogen-bond acceptors (Lipinski definition) is 3. The number of amides is 1. The molecule has 0 atom stereocenters. The van der Waals surface area contributed by atoms with E-state index in [1.54, 1.807) is 0 Å². The molecule has 0 aromatic rings. The fraction of sp³-hybridized carbons (Fsp3) is 0. The van der Waals surface area contributed by atoms with E-state index in [9.17, 15) is 4.79 Å². The molecule has 50 valence electrons. The Morgan fingerprint density at radius 1 is 1.55 bits per heavy atom. The molecule has 0 aliphatic heterocycles. The summed E-state index contributed by atoms with van der Waals surface area (Å²) in [6.07, 6.45) is 4.77. The van der Waals surface area contributed by atoms with Crippen molar-refractivity contribution in [1.82, 2.24) is 0 Å². The molecule has 0 fully saturated rings. The molecule has 0 saturated carbocycles. The largest absolute Gasteiger partial charge is 1.00 e. The van der Waals surface area contributed by atoms with Crippen LogP contribution < -0.4 is 64.8 Å². The maximum atomic E-state index is 10.1. The third-order valence-corrected chi connectivity index (χ3v) is 0.697. The van der Waals surface area contributed by atoms with Gasteiger partial charge in [-0.1, -0.05) is 0 Å². The van der Waals surface area contributed by atoms with Gasteiger partial charge in [-0.15, -0.1) is 5.57 Å². The first-order chi connectivity index (χ1) is 3.72. The van der Waals surface area contributed by atoms with Gasteiger partial charge in [0.1, 0.15) is 5.91 Å². The zero-order valence-electron chi connectivity index (χ0n) is 6.42. The number of thiol groups is 1. The van der Waals surface area contributed by atoms with Gasteiger partial charge in [0.15, 0.2) is 0 Å². The predicted molar refractivity (Wildman–Crippen MR) is 40.9 cm³/mol. The number of carbonyl (C=O) groups excluding carboxylic acids is 1. The van der Waals surface area contributed by atoms with E-state index in [2.05, 4.69) is 12.6 Å². The summed E-state index contributed by atoms with van der Waals surface area (Å²) < 4.78 is 0. The minimum atomic E-state index is -0.706. The third kappa shape index (κ3) is 11.3. The molecule has 0 aromatic heterocycles. The fourth-order valence-corrected chi connectivity index (χ4v) is 0.310. The van der Waals surface area contributed by atoms with E-state index in [0.29, 0.717) is 0 Å². The summed E-state index contributed by atoms with van der Waals surface area (Å²) in [6, 6.07) is 0. The van der Waals surface area contributed by atoms with Gasteiger partial charge in [-0.25, -0.2) is 5.92 Å². The Bertz CT molecular complexity index is 176. The number of rotatable bonds is 1. The van der Waals surface area contributed by atoms with Gasteiger partial charge in [0, 0.05) is 0 Å². The SMILES string of the molecule is C#CC(=[C-][S-])C(N)=O.[Na+].[Na+].[SH-]. The summed E-state index contributed by atoms with van der Waals surface area (Å²) in [7, 11) is 0. The van der Waals surface area contributed by atoms with Gasteiger partial charge in [-0.05, 0) is 0 Å². The topological polar surface area (TPSA) is 43.1 Å². The van der Waals surface area contributed by atoms with Crippen LogP contribution in [0.15, 0.2) is 5.57 Å². The summed E-state index contributed by atoms with van der Waals surface area (Å²) in [5.74, 6) is 1.27. The molecular weight excluding hydrogens is 200 g/mol. The van der Waals surface area contributed by atoms with Crippen molar-refractivity contribution in [2.24, 2.45) is 5.73 Å². The normalized spacial score (nSPS) is 7.36. The molecule has 2 nitrogen and oxygen atoms in total. The first-order valence-electron chi connectivity index (χ1n) is 1.74. The number of carbonyl (C=O) groups is 1. The van der Waals surface area contributed by atoms with Crippen LogP contribution in [0.5, 0.6) is 0 Å². The summed E-state index contributed by atoms with van der Waals surface area (Å²) in [5.41, 5.74) is 4.63. The molecule has 0 rings (SSSR count). The van der Waals surface area contributed by atoms with Crippen LogP contribution in [0.4, 0.5) is 0 Å². The molecule has 6 heteroatoms. The van der Waals surface area contributed by atoms with Crippen molar-refractivity contribution in [2.75, 3.05) is 0 Å². The average molecular weight is 204 g/mol. The molecule has 0 radical (unpaired) electrons. The van der Waals surface area contributed by atoms with Crippen LogP contribution in [0.2, 0.25) is 0 Å². The van der Waals surface area contributed by atoms with Gasteiger partial charge in [-0.2, -0.15) is 6.42 Å². The van der Waals surface area contributed by atoms with Crippen LogP contribution in [0, 0.1) is 17.8 Å². The van der Waals surface area contributed by atoms with Crippen molar-refractivity contribution in [2.45, 2.75) is 0 Å². The first-order valence-corrected chi connectivity index (χ1v) is 2.14. The van der Waals surface area contributed by atoms with Crippen molar-refractivity contribution >= 4 is 32.0 Å². The molecule has 0 aliphatic rings. The second kappa shape index (κ2) is 13.9. The summed E-state index contributed by atoms with van der Waals surface area (Å²) in [5, 5.41) is 2.04. The smallest absolute Gasteiger partial charge is 0.871 e. The molecule has 0 aliphatic carbocycles.